The second-order valence-electron chi connectivity index (χ2n) is 7.37. The first-order valence-electron chi connectivity index (χ1n) is 10.1. The molecule has 0 saturated carbocycles. The number of esters is 2. The summed E-state index contributed by atoms with van der Waals surface area (Å²) in [5.74, 6) is -0.546. The third kappa shape index (κ3) is 4.04. The van der Waals surface area contributed by atoms with Crippen LogP contribution in [-0.2, 0) is 45.1 Å². The molecule has 0 amide bonds. The maximum absolute atomic E-state index is 12.7. The number of aromatic nitrogens is 1. The van der Waals surface area contributed by atoms with Crippen molar-refractivity contribution in [3.05, 3.63) is 71.4 Å². The van der Waals surface area contributed by atoms with E-state index in [1.807, 2.05) is 60.0 Å². The van der Waals surface area contributed by atoms with E-state index in [0.29, 0.717) is 19.6 Å². The molecular formula is C24H25NO4. The van der Waals surface area contributed by atoms with Crippen LogP contribution in [0.5, 0.6) is 0 Å². The molecule has 2 aromatic carbocycles. The van der Waals surface area contributed by atoms with E-state index in [9.17, 15) is 9.59 Å². The first-order chi connectivity index (χ1) is 14.2. The lowest BCUT2D eigenvalue weighted by atomic mass is 9.86. The number of rotatable bonds is 6. The molecule has 1 heterocycles. The zero-order chi connectivity index (χ0) is 20.2. The Hall–Kier alpha value is -3.08. The minimum atomic E-state index is -0.236. The van der Waals surface area contributed by atoms with Crippen LogP contribution in [0, 0.1) is 5.92 Å². The number of hydrogen-bond donors (Lipinski definition) is 0. The molecule has 1 aliphatic carbocycles. The van der Waals surface area contributed by atoms with E-state index < -0.39 is 0 Å². The van der Waals surface area contributed by atoms with Crippen molar-refractivity contribution < 1.29 is 19.1 Å². The average molecular weight is 391 g/mol. The molecular weight excluding hydrogens is 366 g/mol. The van der Waals surface area contributed by atoms with E-state index >= 15 is 0 Å². The Kier molecular flexibility index (Phi) is 5.65. The summed E-state index contributed by atoms with van der Waals surface area (Å²) in [6.45, 7) is 2.68. The molecule has 3 aromatic rings. The summed E-state index contributed by atoms with van der Waals surface area (Å²) in [5.41, 5.74) is 4.29. The van der Waals surface area contributed by atoms with E-state index in [4.69, 9.17) is 9.47 Å². The van der Waals surface area contributed by atoms with E-state index in [1.54, 1.807) is 0 Å². The number of carbonyl (C=O) groups excluding carboxylic acids is 2. The Labute approximate surface area is 170 Å². The fraction of sp³-hybridized carbons (Fsp3) is 0.333. The molecule has 1 aromatic heterocycles. The second kappa shape index (κ2) is 8.52. The Balaban J connectivity index is 1.54. The maximum Gasteiger partial charge on any atom is 0.325 e. The Morgan fingerprint density at radius 2 is 1.79 bits per heavy atom. The van der Waals surface area contributed by atoms with Crippen molar-refractivity contribution in [2.24, 2.45) is 5.92 Å². The lowest BCUT2D eigenvalue weighted by Crippen LogP contribution is -2.26. The minimum absolute atomic E-state index is 0.151. The quantitative estimate of drug-likeness (QED) is 0.595. The zero-order valence-corrected chi connectivity index (χ0v) is 16.6. The van der Waals surface area contributed by atoms with Crippen LogP contribution in [0.15, 0.2) is 54.6 Å². The van der Waals surface area contributed by atoms with E-state index in [0.717, 1.165) is 40.6 Å². The molecule has 0 radical (unpaired) electrons. The van der Waals surface area contributed by atoms with Crippen LogP contribution >= 0.6 is 0 Å². The highest BCUT2D eigenvalue weighted by Crippen LogP contribution is 2.35. The van der Waals surface area contributed by atoms with Gasteiger partial charge >= 0.3 is 11.9 Å². The molecule has 1 aliphatic rings. The Bertz CT molecular complexity index is 1020. The van der Waals surface area contributed by atoms with Gasteiger partial charge in [0.1, 0.15) is 13.2 Å². The van der Waals surface area contributed by atoms with Gasteiger partial charge in [0.05, 0.1) is 12.5 Å². The molecule has 0 bridgehead atoms. The van der Waals surface area contributed by atoms with Crippen molar-refractivity contribution in [1.82, 2.24) is 4.57 Å². The number of ether oxygens (including phenoxy) is 2. The molecule has 29 heavy (non-hydrogen) atoms. The van der Waals surface area contributed by atoms with Crippen LogP contribution in [0.1, 0.15) is 30.2 Å². The predicted octanol–water partition coefficient (Wildman–Crippen LogP) is 4.05. The van der Waals surface area contributed by atoms with Crippen LogP contribution in [-0.4, -0.2) is 23.1 Å². The van der Waals surface area contributed by atoms with Crippen LogP contribution in [0.4, 0.5) is 0 Å². The molecule has 0 N–H and O–H groups in total. The normalized spacial score (nSPS) is 15.7. The van der Waals surface area contributed by atoms with Crippen LogP contribution in [0.3, 0.4) is 0 Å². The summed E-state index contributed by atoms with van der Waals surface area (Å²) in [5, 5.41) is 1.10. The lowest BCUT2D eigenvalue weighted by molar-refractivity contribution is -0.150. The first-order valence-corrected chi connectivity index (χ1v) is 10.1. The average Bonchev–Trinajstić information content (AvgIpc) is 3.06. The zero-order valence-electron chi connectivity index (χ0n) is 16.6. The van der Waals surface area contributed by atoms with Gasteiger partial charge in [-0.15, -0.1) is 0 Å². The molecule has 5 nitrogen and oxygen atoms in total. The monoisotopic (exact) mass is 391 g/mol. The third-order valence-electron chi connectivity index (χ3n) is 5.52. The molecule has 1 unspecified atom stereocenters. The van der Waals surface area contributed by atoms with Crippen molar-refractivity contribution >= 4 is 22.8 Å². The number of para-hydroxylation sites is 1. The highest BCUT2D eigenvalue weighted by atomic mass is 16.5. The van der Waals surface area contributed by atoms with Gasteiger partial charge in [0.15, 0.2) is 0 Å². The summed E-state index contributed by atoms with van der Waals surface area (Å²) >= 11 is 0. The molecule has 5 heteroatoms. The van der Waals surface area contributed by atoms with Gasteiger partial charge in [-0.3, -0.25) is 9.59 Å². The van der Waals surface area contributed by atoms with Crippen molar-refractivity contribution in [1.29, 1.82) is 0 Å². The fourth-order valence-corrected chi connectivity index (χ4v) is 4.17. The van der Waals surface area contributed by atoms with Gasteiger partial charge in [-0.2, -0.15) is 0 Å². The van der Waals surface area contributed by atoms with Gasteiger partial charge in [0.25, 0.3) is 0 Å². The topological polar surface area (TPSA) is 57.5 Å². The van der Waals surface area contributed by atoms with Gasteiger partial charge in [-0.1, -0.05) is 48.5 Å². The molecule has 150 valence electrons. The predicted molar refractivity (Wildman–Crippen MR) is 110 cm³/mol. The number of hydrogen-bond acceptors (Lipinski definition) is 4. The van der Waals surface area contributed by atoms with Crippen LogP contribution < -0.4 is 0 Å². The largest absolute Gasteiger partial charge is 0.465 e. The third-order valence-corrected chi connectivity index (χ3v) is 5.52. The summed E-state index contributed by atoms with van der Waals surface area (Å²) in [7, 11) is 0. The summed E-state index contributed by atoms with van der Waals surface area (Å²) in [6, 6.07) is 17.8. The van der Waals surface area contributed by atoms with E-state index in [-0.39, 0.29) is 24.4 Å². The first kappa shape index (κ1) is 19.2. The highest BCUT2D eigenvalue weighted by Gasteiger charge is 2.30. The molecule has 1 atom stereocenters. The number of fused-ring (bicyclic) bond motifs is 3. The Morgan fingerprint density at radius 3 is 2.59 bits per heavy atom. The van der Waals surface area contributed by atoms with Gasteiger partial charge in [-0.25, -0.2) is 0 Å². The molecule has 0 spiro atoms. The van der Waals surface area contributed by atoms with Gasteiger partial charge < -0.3 is 14.0 Å². The smallest absolute Gasteiger partial charge is 0.325 e. The van der Waals surface area contributed by atoms with E-state index in [2.05, 4.69) is 6.07 Å². The van der Waals surface area contributed by atoms with Crippen LogP contribution in [0.2, 0.25) is 0 Å². The summed E-state index contributed by atoms with van der Waals surface area (Å²) < 4.78 is 12.8. The van der Waals surface area contributed by atoms with Crippen molar-refractivity contribution in [3.63, 3.8) is 0 Å². The van der Waals surface area contributed by atoms with Gasteiger partial charge in [-0.05, 0) is 43.4 Å². The number of benzene rings is 2. The van der Waals surface area contributed by atoms with Crippen molar-refractivity contribution in [2.75, 3.05) is 6.61 Å². The molecule has 0 aliphatic heterocycles. The van der Waals surface area contributed by atoms with Crippen molar-refractivity contribution in [3.8, 4) is 0 Å². The minimum Gasteiger partial charge on any atom is -0.465 e. The van der Waals surface area contributed by atoms with Gasteiger partial charge in [0, 0.05) is 16.6 Å². The second-order valence-corrected chi connectivity index (χ2v) is 7.37. The number of carbonyl (C=O) groups is 2. The summed E-state index contributed by atoms with van der Waals surface area (Å²) in [4.78, 5) is 24.8. The number of nitrogens with zero attached hydrogens (tertiary/aromatic N) is 1. The standard InChI is InChI=1S/C24H25NO4/c1-2-28-23(26)15-25-21-11-7-6-10-19(21)20-14-18(12-13-22(20)25)24(27)29-16-17-8-4-3-5-9-17/h3-11,18H,2,12-16H2,1H3. The van der Waals surface area contributed by atoms with E-state index in [1.165, 1.54) is 0 Å². The fourth-order valence-electron chi connectivity index (χ4n) is 4.17. The highest BCUT2D eigenvalue weighted by molar-refractivity contribution is 5.88. The summed E-state index contributed by atoms with van der Waals surface area (Å²) in [6.07, 6.45) is 2.10. The van der Waals surface area contributed by atoms with Crippen LogP contribution in [0.25, 0.3) is 10.9 Å². The maximum atomic E-state index is 12.7. The Morgan fingerprint density at radius 1 is 1.03 bits per heavy atom. The SMILES string of the molecule is CCOC(=O)Cn1c2c(c3ccccc31)CC(C(=O)OCc1ccccc1)CC2. The molecule has 0 saturated heterocycles. The van der Waals surface area contributed by atoms with Crippen molar-refractivity contribution in [2.45, 2.75) is 39.3 Å². The lowest BCUT2D eigenvalue weighted by Gasteiger charge is -2.23. The van der Waals surface area contributed by atoms with Gasteiger partial charge in [0.2, 0.25) is 0 Å². The molecule has 0 fully saturated rings. The molecule has 4 rings (SSSR count).